The van der Waals surface area contributed by atoms with Gasteiger partial charge >= 0.3 is 0 Å². The van der Waals surface area contributed by atoms with E-state index in [1.54, 1.807) is 13.2 Å². The van der Waals surface area contributed by atoms with Crippen molar-refractivity contribution >= 4 is 5.91 Å². The Hall–Kier alpha value is -3.68. The fraction of sp³-hybridized carbons (Fsp3) is 0.385. The minimum atomic E-state index is -0.111. The molecule has 8 heteroatoms. The molecule has 0 atom stereocenters. The Morgan fingerprint density at radius 3 is 2.32 bits per heavy atom. The van der Waals surface area contributed by atoms with Gasteiger partial charge < -0.3 is 19.1 Å². The van der Waals surface area contributed by atoms with Gasteiger partial charge in [0, 0.05) is 25.1 Å². The van der Waals surface area contributed by atoms with Crippen molar-refractivity contribution in [1.82, 2.24) is 20.1 Å². The first-order chi connectivity index (χ1) is 16.6. The topological polar surface area (TPSA) is 86.7 Å². The Labute approximate surface area is 198 Å². The van der Waals surface area contributed by atoms with Crippen molar-refractivity contribution in [2.24, 2.45) is 0 Å². The summed E-state index contributed by atoms with van der Waals surface area (Å²) in [7, 11) is 1.55. The molecular formula is C26H28N4O4. The van der Waals surface area contributed by atoms with Gasteiger partial charge in [0.1, 0.15) is 17.2 Å². The second kappa shape index (κ2) is 9.67. The molecule has 1 aliphatic carbocycles. The predicted octanol–water partition coefficient (Wildman–Crippen LogP) is 4.54. The SMILES string of the molecule is COc1cc(C(=O)N2CCC(c3ccc(C)nn3)CC2)ncc1Oc1ccc(OC2CC2)cc1. The molecule has 1 aliphatic heterocycles. The lowest BCUT2D eigenvalue weighted by Crippen LogP contribution is -2.38. The van der Waals surface area contributed by atoms with E-state index in [1.165, 1.54) is 6.20 Å². The van der Waals surface area contributed by atoms with Crippen LogP contribution in [0.15, 0.2) is 48.7 Å². The molecule has 2 fully saturated rings. The van der Waals surface area contributed by atoms with E-state index >= 15 is 0 Å². The number of ether oxygens (including phenoxy) is 3. The van der Waals surface area contributed by atoms with Gasteiger partial charge in [0.25, 0.3) is 5.91 Å². The number of piperidine rings is 1. The number of pyridine rings is 1. The zero-order valence-electron chi connectivity index (χ0n) is 19.4. The molecule has 1 saturated carbocycles. The summed E-state index contributed by atoms with van der Waals surface area (Å²) in [5.41, 5.74) is 2.24. The lowest BCUT2D eigenvalue weighted by atomic mass is 9.93. The van der Waals surface area contributed by atoms with Gasteiger partial charge in [-0.2, -0.15) is 10.2 Å². The van der Waals surface area contributed by atoms with Gasteiger partial charge in [0.05, 0.1) is 30.8 Å². The summed E-state index contributed by atoms with van der Waals surface area (Å²) >= 11 is 0. The Balaban J connectivity index is 1.22. The van der Waals surface area contributed by atoms with Crippen molar-refractivity contribution in [2.75, 3.05) is 20.2 Å². The lowest BCUT2D eigenvalue weighted by Gasteiger charge is -2.31. The molecule has 3 aromatic rings. The van der Waals surface area contributed by atoms with Crippen LogP contribution < -0.4 is 14.2 Å². The van der Waals surface area contributed by atoms with Crippen LogP contribution in [0.3, 0.4) is 0 Å². The van der Waals surface area contributed by atoms with Crippen molar-refractivity contribution in [2.45, 2.75) is 44.6 Å². The van der Waals surface area contributed by atoms with E-state index in [9.17, 15) is 4.79 Å². The van der Waals surface area contributed by atoms with Gasteiger partial charge in [-0.15, -0.1) is 0 Å². The summed E-state index contributed by atoms with van der Waals surface area (Å²) < 4.78 is 17.2. The van der Waals surface area contributed by atoms with E-state index in [0.717, 1.165) is 42.8 Å². The van der Waals surface area contributed by atoms with Crippen molar-refractivity contribution < 1.29 is 19.0 Å². The first kappa shape index (κ1) is 22.1. The number of nitrogens with zero attached hydrogens (tertiary/aromatic N) is 4. The minimum Gasteiger partial charge on any atom is -0.493 e. The average molecular weight is 461 g/mol. The molecule has 0 bridgehead atoms. The number of methoxy groups -OCH3 is 1. The van der Waals surface area contributed by atoms with Gasteiger partial charge in [0.2, 0.25) is 0 Å². The molecule has 176 valence electrons. The second-order valence-electron chi connectivity index (χ2n) is 8.78. The van der Waals surface area contributed by atoms with E-state index in [4.69, 9.17) is 14.2 Å². The molecular weight excluding hydrogens is 432 g/mol. The number of aryl methyl sites for hydroxylation is 1. The van der Waals surface area contributed by atoms with Crippen LogP contribution in [0.2, 0.25) is 0 Å². The number of hydrogen-bond donors (Lipinski definition) is 0. The van der Waals surface area contributed by atoms with Crippen LogP contribution in [0.1, 0.15) is 53.5 Å². The third kappa shape index (κ3) is 5.11. The summed E-state index contributed by atoms with van der Waals surface area (Å²) in [6.45, 7) is 3.23. The number of hydrogen-bond acceptors (Lipinski definition) is 7. The number of carbonyl (C=O) groups is 1. The Morgan fingerprint density at radius 1 is 0.941 bits per heavy atom. The van der Waals surface area contributed by atoms with Crippen LogP contribution in [0, 0.1) is 6.92 Å². The Bertz CT molecular complexity index is 1140. The van der Waals surface area contributed by atoms with Crippen LogP contribution in [0.25, 0.3) is 0 Å². The Morgan fingerprint density at radius 2 is 1.68 bits per heavy atom. The summed E-state index contributed by atoms with van der Waals surface area (Å²) in [5.74, 6) is 2.59. The highest BCUT2D eigenvalue weighted by Crippen LogP contribution is 2.34. The van der Waals surface area contributed by atoms with Crippen LogP contribution in [0.5, 0.6) is 23.0 Å². The zero-order valence-corrected chi connectivity index (χ0v) is 19.4. The van der Waals surface area contributed by atoms with Gasteiger partial charge in [0.15, 0.2) is 11.5 Å². The van der Waals surface area contributed by atoms with Crippen molar-refractivity contribution in [3.63, 3.8) is 0 Å². The Kier molecular flexibility index (Phi) is 6.29. The first-order valence-corrected chi connectivity index (χ1v) is 11.7. The van der Waals surface area contributed by atoms with Crippen molar-refractivity contribution in [1.29, 1.82) is 0 Å². The smallest absolute Gasteiger partial charge is 0.272 e. The van der Waals surface area contributed by atoms with E-state index in [1.807, 2.05) is 48.2 Å². The number of likely N-dealkylation sites (tertiary alicyclic amines) is 1. The zero-order chi connectivity index (χ0) is 23.5. The summed E-state index contributed by atoms with van der Waals surface area (Å²) in [6.07, 6.45) is 5.82. The van der Waals surface area contributed by atoms with E-state index in [2.05, 4.69) is 15.2 Å². The lowest BCUT2D eigenvalue weighted by molar-refractivity contribution is 0.0705. The first-order valence-electron chi connectivity index (χ1n) is 11.7. The standard InChI is InChI=1S/C26H28N4O4/c1-17-3-10-22(29-28-17)18-11-13-30(14-12-18)26(31)23-15-24(32-2)25(16-27-23)34-21-8-6-20(7-9-21)33-19-4-5-19/h3,6-10,15-16,18-19H,4-5,11-14H2,1-2H3. The van der Waals surface area contributed by atoms with Crippen LogP contribution in [-0.2, 0) is 0 Å². The highest BCUT2D eigenvalue weighted by atomic mass is 16.5. The number of aromatic nitrogens is 3. The molecule has 1 amide bonds. The monoisotopic (exact) mass is 460 g/mol. The maximum atomic E-state index is 13.1. The van der Waals surface area contributed by atoms with Crippen LogP contribution in [0.4, 0.5) is 0 Å². The highest BCUT2D eigenvalue weighted by Gasteiger charge is 2.27. The van der Waals surface area contributed by atoms with Crippen molar-refractivity contribution in [3.8, 4) is 23.0 Å². The molecule has 1 aromatic carbocycles. The molecule has 5 rings (SSSR count). The fourth-order valence-electron chi connectivity index (χ4n) is 4.04. The quantitative estimate of drug-likeness (QED) is 0.511. The summed E-state index contributed by atoms with van der Waals surface area (Å²) in [6, 6.07) is 13.1. The molecule has 2 aliphatic rings. The molecule has 3 heterocycles. The van der Waals surface area contributed by atoms with E-state index < -0.39 is 0 Å². The molecule has 0 spiro atoms. The summed E-state index contributed by atoms with van der Waals surface area (Å²) in [4.78, 5) is 19.3. The third-order valence-electron chi connectivity index (χ3n) is 6.17. The van der Waals surface area contributed by atoms with Gasteiger partial charge in [-0.05, 0) is 69.0 Å². The van der Waals surface area contributed by atoms with Gasteiger partial charge in [-0.25, -0.2) is 4.98 Å². The van der Waals surface area contributed by atoms with Crippen molar-refractivity contribution in [3.05, 3.63) is 65.7 Å². The average Bonchev–Trinajstić information content (AvgIpc) is 3.70. The molecule has 8 nitrogen and oxygen atoms in total. The number of benzene rings is 1. The summed E-state index contributed by atoms with van der Waals surface area (Å²) in [5, 5.41) is 8.47. The fourth-order valence-corrected chi connectivity index (χ4v) is 4.04. The minimum absolute atomic E-state index is 0.111. The maximum absolute atomic E-state index is 13.1. The molecule has 0 N–H and O–H groups in total. The molecule has 34 heavy (non-hydrogen) atoms. The van der Waals surface area contributed by atoms with Gasteiger partial charge in [-0.1, -0.05) is 0 Å². The van der Waals surface area contributed by atoms with Crippen LogP contribution in [-0.4, -0.2) is 52.3 Å². The molecule has 1 saturated heterocycles. The molecule has 2 aromatic heterocycles. The number of rotatable bonds is 7. The highest BCUT2D eigenvalue weighted by molar-refractivity contribution is 5.93. The normalized spacial score (nSPS) is 16.2. The third-order valence-corrected chi connectivity index (χ3v) is 6.17. The number of amides is 1. The van der Waals surface area contributed by atoms with Crippen LogP contribution >= 0.6 is 0 Å². The molecule has 0 unspecified atom stereocenters. The predicted molar refractivity (Wildman–Crippen MR) is 126 cm³/mol. The second-order valence-corrected chi connectivity index (χ2v) is 8.78. The largest absolute Gasteiger partial charge is 0.493 e. The molecule has 0 radical (unpaired) electrons. The van der Waals surface area contributed by atoms with E-state index in [0.29, 0.717) is 48.1 Å². The van der Waals surface area contributed by atoms with Gasteiger partial charge in [-0.3, -0.25) is 4.79 Å². The number of carbonyl (C=O) groups excluding carboxylic acids is 1. The maximum Gasteiger partial charge on any atom is 0.272 e. The van der Waals surface area contributed by atoms with E-state index in [-0.39, 0.29) is 5.91 Å².